The second-order valence-corrected chi connectivity index (χ2v) is 7.58. The van der Waals surface area contributed by atoms with E-state index in [4.69, 9.17) is 4.74 Å². The molecule has 2 heterocycles. The molecule has 1 saturated carbocycles. The highest BCUT2D eigenvalue weighted by molar-refractivity contribution is 4.95. The van der Waals surface area contributed by atoms with Gasteiger partial charge >= 0.3 is 0 Å². The minimum atomic E-state index is 0.295. The van der Waals surface area contributed by atoms with Crippen molar-refractivity contribution in [2.75, 3.05) is 19.6 Å². The predicted molar refractivity (Wildman–Crippen MR) is 87.7 cm³/mol. The third-order valence-corrected chi connectivity index (χ3v) is 6.02. The van der Waals surface area contributed by atoms with E-state index in [1.807, 2.05) is 0 Å². The number of rotatable bonds is 5. The third kappa shape index (κ3) is 3.62. The zero-order chi connectivity index (χ0) is 14.7. The van der Waals surface area contributed by atoms with Crippen molar-refractivity contribution < 1.29 is 4.74 Å². The molecule has 122 valence electrons. The fourth-order valence-electron chi connectivity index (χ4n) is 4.72. The highest BCUT2D eigenvalue weighted by atomic mass is 16.5. The maximum atomic E-state index is 6.55. The lowest BCUT2D eigenvalue weighted by atomic mass is 9.98. The summed E-state index contributed by atoms with van der Waals surface area (Å²) in [6.07, 6.45) is 12.4. The van der Waals surface area contributed by atoms with Gasteiger partial charge in [0.25, 0.3) is 0 Å². The standard InChI is InChI=1S/C18H34N2O/c1-3-7-16-12-19-15(4-2)13-20(16)14-17-8-11-18(21-17)9-5-6-10-18/h15-17,19H,3-14H2,1-2H3. The van der Waals surface area contributed by atoms with Crippen LogP contribution >= 0.6 is 0 Å². The Morgan fingerprint density at radius 1 is 1.19 bits per heavy atom. The first-order valence-electron chi connectivity index (χ1n) is 9.40. The van der Waals surface area contributed by atoms with Crippen LogP contribution in [0.25, 0.3) is 0 Å². The van der Waals surface area contributed by atoms with Gasteiger partial charge in [-0.1, -0.05) is 33.1 Å². The van der Waals surface area contributed by atoms with Crippen LogP contribution in [0.15, 0.2) is 0 Å². The van der Waals surface area contributed by atoms with Gasteiger partial charge < -0.3 is 10.1 Å². The molecule has 0 aromatic carbocycles. The number of hydrogen-bond acceptors (Lipinski definition) is 3. The average molecular weight is 294 g/mol. The summed E-state index contributed by atoms with van der Waals surface area (Å²) in [7, 11) is 0. The summed E-state index contributed by atoms with van der Waals surface area (Å²) in [5.41, 5.74) is 0.295. The van der Waals surface area contributed by atoms with Crippen LogP contribution < -0.4 is 5.32 Å². The lowest BCUT2D eigenvalue weighted by molar-refractivity contribution is -0.0554. The molecule has 1 N–H and O–H groups in total. The molecule has 1 spiro atoms. The van der Waals surface area contributed by atoms with Crippen LogP contribution in [0, 0.1) is 0 Å². The number of ether oxygens (including phenoxy) is 1. The second kappa shape index (κ2) is 6.97. The van der Waals surface area contributed by atoms with Gasteiger partial charge in [0.05, 0.1) is 11.7 Å². The summed E-state index contributed by atoms with van der Waals surface area (Å²) in [6.45, 7) is 8.17. The van der Waals surface area contributed by atoms with Gasteiger partial charge in [-0.3, -0.25) is 4.90 Å². The Balaban J connectivity index is 1.56. The Morgan fingerprint density at radius 2 is 2.00 bits per heavy atom. The SMILES string of the molecule is CCCC1CNC(CC)CN1CC1CCC2(CCCC2)O1. The van der Waals surface area contributed by atoms with Crippen molar-refractivity contribution in [3.63, 3.8) is 0 Å². The summed E-state index contributed by atoms with van der Waals surface area (Å²) in [5, 5.41) is 3.72. The Bertz CT molecular complexity index is 327. The Labute approximate surface area is 130 Å². The van der Waals surface area contributed by atoms with Crippen LogP contribution in [-0.4, -0.2) is 48.3 Å². The summed E-state index contributed by atoms with van der Waals surface area (Å²) in [6, 6.07) is 1.40. The predicted octanol–water partition coefficient (Wildman–Crippen LogP) is 3.33. The first-order valence-corrected chi connectivity index (χ1v) is 9.40. The molecule has 3 atom stereocenters. The van der Waals surface area contributed by atoms with Gasteiger partial charge in [-0.25, -0.2) is 0 Å². The molecule has 3 nitrogen and oxygen atoms in total. The van der Waals surface area contributed by atoms with Crippen LogP contribution in [0.3, 0.4) is 0 Å². The molecule has 3 heteroatoms. The lowest BCUT2D eigenvalue weighted by Gasteiger charge is -2.41. The summed E-state index contributed by atoms with van der Waals surface area (Å²) in [5.74, 6) is 0. The number of nitrogens with zero attached hydrogens (tertiary/aromatic N) is 1. The quantitative estimate of drug-likeness (QED) is 0.842. The topological polar surface area (TPSA) is 24.5 Å². The Kier molecular flexibility index (Phi) is 5.23. The van der Waals surface area contributed by atoms with Crippen LogP contribution in [0.5, 0.6) is 0 Å². The summed E-state index contributed by atoms with van der Waals surface area (Å²) >= 11 is 0. The maximum Gasteiger partial charge on any atom is 0.0710 e. The average Bonchev–Trinajstić information content (AvgIpc) is 3.12. The van der Waals surface area contributed by atoms with Crippen molar-refractivity contribution >= 4 is 0 Å². The molecule has 2 saturated heterocycles. The van der Waals surface area contributed by atoms with Crippen molar-refractivity contribution in [3.8, 4) is 0 Å². The second-order valence-electron chi connectivity index (χ2n) is 7.58. The molecule has 3 unspecified atom stereocenters. The first-order chi connectivity index (χ1) is 10.2. The van der Waals surface area contributed by atoms with E-state index in [9.17, 15) is 0 Å². The number of piperazine rings is 1. The van der Waals surface area contributed by atoms with Gasteiger partial charge in [0.15, 0.2) is 0 Å². The van der Waals surface area contributed by atoms with Crippen molar-refractivity contribution in [2.24, 2.45) is 0 Å². The van der Waals surface area contributed by atoms with Crippen LogP contribution in [-0.2, 0) is 4.74 Å². The molecule has 0 radical (unpaired) electrons. The fourth-order valence-corrected chi connectivity index (χ4v) is 4.72. The van der Waals surface area contributed by atoms with E-state index in [2.05, 4.69) is 24.1 Å². The zero-order valence-electron chi connectivity index (χ0n) is 14.1. The summed E-state index contributed by atoms with van der Waals surface area (Å²) < 4.78 is 6.55. The molecular formula is C18H34N2O. The molecule has 2 aliphatic heterocycles. The summed E-state index contributed by atoms with van der Waals surface area (Å²) in [4.78, 5) is 2.74. The van der Waals surface area contributed by atoms with E-state index in [1.54, 1.807) is 0 Å². The molecular weight excluding hydrogens is 260 g/mol. The Hall–Kier alpha value is -0.120. The van der Waals surface area contributed by atoms with E-state index >= 15 is 0 Å². The maximum absolute atomic E-state index is 6.55. The first kappa shape index (κ1) is 15.8. The normalized spacial score (nSPS) is 36.6. The zero-order valence-corrected chi connectivity index (χ0v) is 14.1. The highest BCUT2D eigenvalue weighted by Crippen LogP contribution is 2.43. The third-order valence-electron chi connectivity index (χ3n) is 6.02. The molecule has 3 fully saturated rings. The van der Waals surface area contributed by atoms with Crippen molar-refractivity contribution in [1.29, 1.82) is 0 Å². The van der Waals surface area contributed by atoms with E-state index < -0.39 is 0 Å². The van der Waals surface area contributed by atoms with Gasteiger partial charge in [0.2, 0.25) is 0 Å². The van der Waals surface area contributed by atoms with E-state index in [-0.39, 0.29) is 0 Å². The monoisotopic (exact) mass is 294 g/mol. The molecule has 3 rings (SSSR count). The molecule has 0 aromatic rings. The van der Waals surface area contributed by atoms with E-state index in [1.165, 1.54) is 77.4 Å². The van der Waals surface area contributed by atoms with E-state index in [0.717, 1.165) is 6.04 Å². The van der Waals surface area contributed by atoms with Gasteiger partial charge in [0, 0.05) is 31.7 Å². The smallest absolute Gasteiger partial charge is 0.0710 e. The van der Waals surface area contributed by atoms with Crippen molar-refractivity contribution in [2.45, 2.75) is 95.4 Å². The van der Waals surface area contributed by atoms with Crippen LogP contribution in [0.4, 0.5) is 0 Å². The highest BCUT2D eigenvalue weighted by Gasteiger charge is 2.43. The van der Waals surface area contributed by atoms with Gasteiger partial charge in [0.1, 0.15) is 0 Å². The molecule has 0 bridgehead atoms. The van der Waals surface area contributed by atoms with Crippen molar-refractivity contribution in [3.05, 3.63) is 0 Å². The number of hydrogen-bond donors (Lipinski definition) is 1. The van der Waals surface area contributed by atoms with Gasteiger partial charge in [-0.15, -0.1) is 0 Å². The molecule has 0 aromatic heterocycles. The number of nitrogens with one attached hydrogen (secondary N) is 1. The van der Waals surface area contributed by atoms with Gasteiger partial charge in [-0.2, -0.15) is 0 Å². The van der Waals surface area contributed by atoms with Crippen LogP contribution in [0.2, 0.25) is 0 Å². The fraction of sp³-hybridized carbons (Fsp3) is 1.00. The molecule has 3 aliphatic rings. The largest absolute Gasteiger partial charge is 0.370 e. The minimum absolute atomic E-state index is 0.295. The molecule has 0 amide bonds. The van der Waals surface area contributed by atoms with Crippen LogP contribution in [0.1, 0.15) is 71.6 Å². The molecule has 21 heavy (non-hydrogen) atoms. The van der Waals surface area contributed by atoms with Gasteiger partial charge in [-0.05, 0) is 38.5 Å². The van der Waals surface area contributed by atoms with Crippen molar-refractivity contribution in [1.82, 2.24) is 10.2 Å². The van der Waals surface area contributed by atoms with E-state index in [0.29, 0.717) is 17.7 Å². The molecule has 1 aliphatic carbocycles. The Morgan fingerprint density at radius 3 is 2.71 bits per heavy atom. The lowest BCUT2D eigenvalue weighted by Crippen LogP contribution is -2.57. The minimum Gasteiger partial charge on any atom is -0.370 e.